The van der Waals surface area contributed by atoms with Crippen molar-refractivity contribution in [2.24, 2.45) is 5.11 Å². The summed E-state index contributed by atoms with van der Waals surface area (Å²) in [6.45, 7) is 1.19. The molecular formula is C48H51N3O10. The fourth-order valence-electron chi connectivity index (χ4n) is 7.88. The zero-order valence-corrected chi connectivity index (χ0v) is 34.0. The summed E-state index contributed by atoms with van der Waals surface area (Å²) in [5.41, 5.74) is 14.7. The van der Waals surface area contributed by atoms with Crippen LogP contribution < -0.4 is 0 Å². The van der Waals surface area contributed by atoms with Crippen molar-refractivity contribution in [3.63, 3.8) is 0 Å². The van der Waals surface area contributed by atoms with Crippen LogP contribution in [-0.4, -0.2) is 81.7 Å². The van der Waals surface area contributed by atoms with E-state index in [9.17, 15) is 5.53 Å². The predicted octanol–water partition coefficient (Wildman–Crippen LogP) is 8.23. The Morgan fingerprint density at radius 1 is 0.541 bits per heavy atom. The highest BCUT2D eigenvalue weighted by Gasteiger charge is 2.53. The largest absolute Gasteiger partial charge is 0.370 e. The van der Waals surface area contributed by atoms with E-state index in [1.807, 2.05) is 152 Å². The number of hydrogen-bond acceptors (Lipinski definition) is 11. The molecule has 11 atom stereocenters. The Bertz CT molecular complexity index is 2080. The normalized spacial score (nSPS) is 28.6. The molecule has 318 valence electrons. The van der Waals surface area contributed by atoms with Crippen LogP contribution in [0.2, 0.25) is 0 Å². The highest BCUT2D eigenvalue weighted by Crippen LogP contribution is 2.38. The first-order valence-electron chi connectivity index (χ1n) is 20.6. The van der Waals surface area contributed by atoms with Crippen LogP contribution in [-0.2, 0) is 73.8 Å². The van der Waals surface area contributed by atoms with Gasteiger partial charge in [-0.2, -0.15) is 0 Å². The van der Waals surface area contributed by atoms with Gasteiger partial charge in [0.15, 0.2) is 18.9 Å². The predicted molar refractivity (Wildman–Crippen MR) is 223 cm³/mol. The number of ether oxygens (including phenoxy) is 10. The van der Waals surface area contributed by atoms with Gasteiger partial charge < -0.3 is 47.4 Å². The molecular weight excluding hydrogens is 779 g/mol. The molecule has 3 saturated heterocycles. The van der Waals surface area contributed by atoms with Crippen LogP contribution in [0.3, 0.4) is 0 Å². The second-order valence-corrected chi connectivity index (χ2v) is 15.1. The summed E-state index contributed by atoms with van der Waals surface area (Å²) in [5, 5.41) is 4.22. The number of fused-ring (bicyclic) bond motifs is 1. The van der Waals surface area contributed by atoms with Gasteiger partial charge in [0.1, 0.15) is 48.8 Å². The molecule has 0 bridgehead atoms. The second kappa shape index (κ2) is 21.7. The second-order valence-electron chi connectivity index (χ2n) is 15.1. The smallest absolute Gasteiger partial charge is 0.186 e. The molecule has 0 amide bonds. The Labute approximate surface area is 355 Å². The average Bonchev–Trinajstić information content (AvgIpc) is 3.32. The molecule has 5 aromatic rings. The maximum Gasteiger partial charge on any atom is 0.186 e. The number of hydrogen-bond donors (Lipinski definition) is 0. The van der Waals surface area contributed by atoms with Gasteiger partial charge in [-0.25, -0.2) is 0 Å². The number of nitrogens with zero attached hydrogens (tertiary/aromatic N) is 3. The summed E-state index contributed by atoms with van der Waals surface area (Å²) < 4.78 is 65.4. The van der Waals surface area contributed by atoms with Crippen LogP contribution in [0, 0.1) is 0 Å². The molecule has 0 aromatic heterocycles. The summed E-state index contributed by atoms with van der Waals surface area (Å²) >= 11 is 0. The van der Waals surface area contributed by atoms with Gasteiger partial charge >= 0.3 is 0 Å². The summed E-state index contributed by atoms with van der Waals surface area (Å²) in [6, 6.07) is 48.2. The summed E-state index contributed by atoms with van der Waals surface area (Å²) in [5.74, 6) is 0. The molecule has 0 unspecified atom stereocenters. The molecule has 3 aliphatic rings. The van der Waals surface area contributed by atoms with Gasteiger partial charge in [0.05, 0.1) is 39.6 Å². The molecule has 0 spiro atoms. The summed E-state index contributed by atoms with van der Waals surface area (Å²) in [6.07, 6.45) is -7.50. The SMILES string of the molecule is CO[C@H]1O[C@H](CO[C@H]2O[C@@H]3CO[C@H](c4ccccc4)O[C@@H]3[C@H](OCc3ccccc3)[C@H]2N=[N+]=[N-])[C@@H](OCc2ccccc2)[C@H](OCc2ccccc2)[C@H]1OCc1ccccc1. The lowest BCUT2D eigenvalue weighted by atomic mass is 9.95. The van der Waals surface area contributed by atoms with Crippen LogP contribution in [0.15, 0.2) is 157 Å². The molecule has 3 fully saturated rings. The third-order valence-electron chi connectivity index (χ3n) is 11.0. The molecule has 8 rings (SSSR count). The van der Waals surface area contributed by atoms with E-state index in [0.717, 1.165) is 27.8 Å². The maximum atomic E-state index is 9.95. The van der Waals surface area contributed by atoms with Gasteiger partial charge in [0.25, 0.3) is 0 Å². The molecule has 13 nitrogen and oxygen atoms in total. The van der Waals surface area contributed by atoms with Crippen molar-refractivity contribution in [1.29, 1.82) is 0 Å². The van der Waals surface area contributed by atoms with Crippen LogP contribution >= 0.6 is 0 Å². The highest BCUT2D eigenvalue weighted by molar-refractivity contribution is 5.19. The van der Waals surface area contributed by atoms with Gasteiger partial charge in [-0.3, -0.25) is 0 Å². The number of benzene rings is 5. The van der Waals surface area contributed by atoms with E-state index in [-0.39, 0.29) is 33.0 Å². The molecule has 3 aliphatic heterocycles. The topological polar surface area (TPSA) is 141 Å². The van der Waals surface area contributed by atoms with Crippen molar-refractivity contribution in [2.75, 3.05) is 20.3 Å². The van der Waals surface area contributed by atoms with Gasteiger partial charge in [-0.15, -0.1) is 0 Å². The third-order valence-corrected chi connectivity index (χ3v) is 11.0. The maximum absolute atomic E-state index is 9.95. The first-order valence-corrected chi connectivity index (χ1v) is 20.6. The van der Waals surface area contributed by atoms with E-state index in [4.69, 9.17) is 47.4 Å². The Kier molecular flexibility index (Phi) is 15.2. The summed E-state index contributed by atoms with van der Waals surface area (Å²) in [7, 11) is 1.57. The van der Waals surface area contributed by atoms with E-state index < -0.39 is 67.6 Å². The first kappa shape index (κ1) is 42.7. The third kappa shape index (κ3) is 11.1. The van der Waals surface area contributed by atoms with Gasteiger partial charge in [-0.05, 0) is 27.8 Å². The number of methoxy groups -OCH3 is 1. The molecule has 0 N–H and O–H groups in total. The number of rotatable bonds is 18. The monoisotopic (exact) mass is 829 g/mol. The molecule has 3 heterocycles. The molecule has 0 aliphatic carbocycles. The fourth-order valence-corrected chi connectivity index (χ4v) is 7.88. The zero-order chi connectivity index (χ0) is 41.6. The molecule has 0 saturated carbocycles. The minimum absolute atomic E-state index is 0.0603. The van der Waals surface area contributed by atoms with Gasteiger partial charge in [-0.1, -0.05) is 157 Å². The van der Waals surface area contributed by atoms with E-state index in [0.29, 0.717) is 6.61 Å². The highest BCUT2D eigenvalue weighted by atomic mass is 16.8. The Morgan fingerprint density at radius 2 is 1.02 bits per heavy atom. The van der Waals surface area contributed by atoms with Crippen molar-refractivity contribution >= 4 is 0 Å². The lowest BCUT2D eigenvalue weighted by Crippen LogP contribution is -2.64. The minimum Gasteiger partial charge on any atom is -0.370 e. The van der Waals surface area contributed by atoms with Crippen molar-refractivity contribution in [3.05, 3.63) is 190 Å². The van der Waals surface area contributed by atoms with E-state index in [1.165, 1.54) is 0 Å². The van der Waals surface area contributed by atoms with Crippen molar-refractivity contribution < 1.29 is 47.4 Å². The minimum atomic E-state index is -1.08. The lowest BCUT2D eigenvalue weighted by molar-refractivity contribution is -0.358. The van der Waals surface area contributed by atoms with E-state index in [1.54, 1.807) is 7.11 Å². The van der Waals surface area contributed by atoms with Gasteiger partial charge in [0.2, 0.25) is 0 Å². The average molecular weight is 830 g/mol. The Morgan fingerprint density at radius 3 is 1.52 bits per heavy atom. The quantitative estimate of drug-likeness (QED) is 0.0482. The van der Waals surface area contributed by atoms with Crippen LogP contribution in [0.4, 0.5) is 0 Å². The molecule has 0 radical (unpaired) electrons. The van der Waals surface area contributed by atoms with Crippen LogP contribution in [0.1, 0.15) is 34.1 Å². The van der Waals surface area contributed by atoms with Crippen LogP contribution in [0.5, 0.6) is 0 Å². The molecule has 61 heavy (non-hydrogen) atoms. The van der Waals surface area contributed by atoms with Crippen molar-refractivity contribution in [3.8, 4) is 0 Å². The lowest BCUT2D eigenvalue weighted by Gasteiger charge is -2.49. The van der Waals surface area contributed by atoms with Crippen molar-refractivity contribution in [1.82, 2.24) is 0 Å². The standard InChI is InChI=1S/C48H51N3O10/c1-52-48-45(56-30-36-23-13-5-14-24-36)44(55-29-35-21-11-4-12-22-35)41(53-27-33-17-7-2-8-18-33)38(60-48)31-58-47-40(50-51-49)43(54-28-34-19-9-3-10-20-34)42-39(59-47)32-57-46(61-42)37-25-15-6-16-26-37/h2-26,38-48H,27-32H2,1H3/t38-,39-,40-,41-,42+,43-,44+,45-,46+,47+,48+/m1/s1. The number of azide groups is 1. The van der Waals surface area contributed by atoms with Crippen LogP contribution in [0.25, 0.3) is 10.4 Å². The first-order chi connectivity index (χ1) is 30.2. The van der Waals surface area contributed by atoms with E-state index >= 15 is 0 Å². The van der Waals surface area contributed by atoms with E-state index in [2.05, 4.69) is 10.0 Å². The van der Waals surface area contributed by atoms with Crippen molar-refractivity contribution in [2.45, 2.75) is 94.1 Å². The summed E-state index contributed by atoms with van der Waals surface area (Å²) in [4.78, 5) is 3.23. The Hall–Kier alpha value is -4.99. The molecule has 5 aromatic carbocycles. The zero-order valence-electron chi connectivity index (χ0n) is 34.0. The Balaban J connectivity index is 1.07. The molecule has 13 heteroatoms. The van der Waals surface area contributed by atoms with Gasteiger partial charge in [0, 0.05) is 17.6 Å². The fraction of sp³-hybridized carbons (Fsp3) is 0.375.